The number of fused-ring (bicyclic) bond motifs is 1. The summed E-state index contributed by atoms with van der Waals surface area (Å²) >= 11 is 0. The second-order valence-corrected chi connectivity index (χ2v) is 8.43. The summed E-state index contributed by atoms with van der Waals surface area (Å²) < 4.78 is 73.5. The lowest BCUT2D eigenvalue weighted by Gasteiger charge is -2.21. The van der Waals surface area contributed by atoms with Gasteiger partial charge < -0.3 is 0 Å². The summed E-state index contributed by atoms with van der Waals surface area (Å²) in [7, 11) is 0. The van der Waals surface area contributed by atoms with Crippen LogP contribution in [0.5, 0.6) is 0 Å². The van der Waals surface area contributed by atoms with Crippen molar-refractivity contribution in [2.75, 3.05) is 0 Å². The Labute approximate surface area is 190 Å². The van der Waals surface area contributed by atoms with Gasteiger partial charge in [-0.3, -0.25) is 0 Å². The molecule has 3 aromatic carbocycles. The van der Waals surface area contributed by atoms with Crippen molar-refractivity contribution < 1.29 is 22.0 Å². The maximum absolute atomic E-state index is 15.3. The first-order valence-electron chi connectivity index (χ1n) is 11.3. The fourth-order valence-electron chi connectivity index (χ4n) is 4.43. The zero-order valence-corrected chi connectivity index (χ0v) is 18.7. The maximum Gasteiger partial charge on any atom is 0.167 e. The van der Waals surface area contributed by atoms with Gasteiger partial charge in [0.2, 0.25) is 0 Å². The van der Waals surface area contributed by atoms with Crippen molar-refractivity contribution in [1.82, 2.24) is 0 Å². The van der Waals surface area contributed by atoms with E-state index in [-0.39, 0.29) is 35.1 Å². The average molecular weight is 456 g/mol. The standard InChI is InChI=1S/C28H25F5/c1-3-5-6-17-8-11-21(27(32)25(17)30)19-9-12-20-18(15-19)10-14-22(26(20)31)23-13-7-16(4-2)24(29)28(23)33/h7-11,13-14H,3-6,12,15H2,1-2H3. The Balaban J connectivity index is 1.67. The Morgan fingerprint density at radius 1 is 0.667 bits per heavy atom. The molecule has 0 atom stereocenters. The molecule has 0 nitrogen and oxygen atoms in total. The van der Waals surface area contributed by atoms with E-state index in [0.717, 1.165) is 12.8 Å². The highest BCUT2D eigenvalue weighted by Gasteiger charge is 2.24. The molecule has 0 aromatic heterocycles. The van der Waals surface area contributed by atoms with Gasteiger partial charge in [0.25, 0.3) is 0 Å². The monoisotopic (exact) mass is 456 g/mol. The third kappa shape index (κ3) is 4.21. The van der Waals surface area contributed by atoms with Crippen molar-refractivity contribution in [1.29, 1.82) is 0 Å². The lowest BCUT2D eigenvalue weighted by atomic mass is 9.85. The topological polar surface area (TPSA) is 0 Å². The molecule has 0 unspecified atom stereocenters. The molecular weight excluding hydrogens is 431 g/mol. The molecule has 3 aromatic rings. The first kappa shape index (κ1) is 23.2. The van der Waals surface area contributed by atoms with Crippen LogP contribution < -0.4 is 0 Å². The zero-order chi connectivity index (χ0) is 23.7. The number of aryl methyl sites for hydroxylation is 2. The minimum absolute atomic E-state index is 0.0119. The summed E-state index contributed by atoms with van der Waals surface area (Å²) in [5.74, 6) is -4.37. The highest BCUT2D eigenvalue weighted by molar-refractivity contribution is 5.74. The molecule has 0 amide bonds. The summed E-state index contributed by atoms with van der Waals surface area (Å²) in [4.78, 5) is 0. The summed E-state index contributed by atoms with van der Waals surface area (Å²) in [5, 5.41) is 0. The molecule has 0 saturated carbocycles. The normalized spacial score (nSPS) is 13.1. The molecule has 0 saturated heterocycles. The second-order valence-electron chi connectivity index (χ2n) is 8.43. The summed E-state index contributed by atoms with van der Waals surface area (Å²) in [6, 6.07) is 9.12. The van der Waals surface area contributed by atoms with Gasteiger partial charge in [0.1, 0.15) is 5.82 Å². The fraction of sp³-hybridized carbons (Fsp3) is 0.286. The van der Waals surface area contributed by atoms with Crippen LogP contribution in [-0.2, 0) is 25.7 Å². The van der Waals surface area contributed by atoms with E-state index in [1.54, 1.807) is 31.2 Å². The Kier molecular flexibility index (Phi) is 6.68. The number of benzene rings is 3. The molecule has 1 aliphatic carbocycles. The van der Waals surface area contributed by atoms with Crippen molar-refractivity contribution in [2.24, 2.45) is 0 Å². The van der Waals surface area contributed by atoms with Gasteiger partial charge in [-0.25, -0.2) is 22.0 Å². The molecule has 0 N–H and O–H groups in total. The van der Waals surface area contributed by atoms with Gasteiger partial charge in [-0.1, -0.05) is 62.7 Å². The van der Waals surface area contributed by atoms with E-state index >= 15 is 4.39 Å². The van der Waals surface area contributed by atoms with E-state index in [4.69, 9.17) is 0 Å². The molecule has 0 spiro atoms. The third-order valence-electron chi connectivity index (χ3n) is 6.41. The minimum atomic E-state index is -1.07. The van der Waals surface area contributed by atoms with E-state index in [2.05, 4.69) is 0 Å². The predicted molar refractivity (Wildman–Crippen MR) is 121 cm³/mol. The molecule has 33 heavy (non-hydrogen) atoms. The van der Waals surface area contributed by atoms with Gasteiger partial charge in [-0.05, 0) is 59.9 Å². The summed E-state index contributed by atoms with van der Waals surface area (Å²) in [6.07, 6.45) is 4.53. The van der Waals surface area contributed by atoms with Crippen LogP contribution in [0, 0.1) is 29.1 Å². The lowest BCUT2D eigenvalue weighted by Crippen LogP contribution is -2.09. The Morgan fingerprint density at radius 3 is 2.00 bits per heavy atom. The molecule has 0 aliphatic heterocycles. The maximum atomic E-state index is 15.3. The number of unbranched alkanes of at least 4 members (excludes halogenated alkanes) is 1. The van der Waals surface area contributed by atoms with Gasteiger partial charge in [0, 0.05) is 16.7 Å². The number of hydrogen-bond donors (Lipinski definition) is 0. The van der Waals surface area contributed by atoms with Crippen molar-refractivity contribution in [3.8, 4) is 11.1 Å². The van der Waals surface area contributed by atoms with Crippen LogP contribution in [0.15, 0.2) is 42.5 Å². The van der Waals surface area contributed by atoms with Gasteiger partial charge in [-0.15, -0.1) is 0 Å². The number of halogens is 5. The average Bonchev–Trinajstić information content (AvgIpc) is 2.82. The Bertz CT molecular complexity index is 1240. The van der Waals surface area contributed by atoms with Gasteiger partial charge in [-0.2, -0.15) is 0 Å². The van der Waals surface area contributed by atoms with Gasteiger partial charge >= 0.3 is 0 Å². The first-order chi connectivity index (χ1) is 15.9. The third-order valence-corrected chi connectivity index (χ3v) is 6.41. The second kappa shape index (κ2) is 9.50. The van der Waals surface area contributed by atoms with E-state index in [1.165, 1.54) is 18.2 Å². The van der Waals surface area contributed by atoms with E-state index in [1.807, 2.05) is 6.92 Å². The lowest BCUT2D eigenvalue weighted by molar-refractivity contribution is 0.494. The quantitative estimate of drug-likeness (QED) is 0.329. The summed E-state index contributed by atoms with van der Waals surface area (Å²) in [5.41, 5.74) is 2.18. The molecule has 0 bridgehead atoms. The van der Waals surface area contributed by atoms with Crippen LogP contribution in [-0.4, -0.2) is 0 Å². The van der Waals surface area contributed by atoms with Crippen LogP contribution in [0.2, 0.25) is 0 Å². The van der Waals surface area contributed by atoms with Crippen molar-refractivity contribution in [3.63, 3.8) is 0 Å². The Morgan fingerprint density at radius 2 is 1.27 bits per heavy atom. The van der Waals surface area contributed by atoms with Crippen molar-refractivity contribution in [2.45, 2.75) is 52.4 Å². The van der Waals surface area contributed by atoms with E-state index in [0.29, 0.717) is 35.1 Å². The minimum Gasteiger partial charge on any atom is -0.206 e. The van der Waals surface area contributed by atoms with Crippen LogP contribution in [0.3, 0.4) is 0 Å². The molecule has 0 fully saturated rings. The van der Waals surface area contributed by atoms with Gasteiger partial charge in [0.05, 0.1) is 0 Å². The van der Waals surface area contributed by atoms with Crippen LogP contribution >= 0.6 is 0 Å². The van der Waals surface area contributed by atoms with Crippen molar-refractivity contribution in [3.05, 3.63) is 99.4 Å². The fourth-order valence-corrected chi connectivity index (χ4v) is 4.43. The number of allylic oxidation sites excluding steroid dienone is 2. The van der Waals surface area contributed by atoms with Gasteiger partial charge in [0.15, 0.2) is 23.3 Å². The van der Waals surface area contributed by atoms with E-state index < -0.39 is 29.1 Å². The number of hydrogen-bond acceptors (Lipinski definition) is 0. The highest BCUT2D eigenvalue weighted by Crippen LogP contribution is 2.36. The largest absolute Gasteiger partial charge is 0.206 e. The van der Waals surface area contributed by atoms with Crippen LogP contribution in [0.1, 0.15) is 54.5 Å². The van der Waals surface area contributed by atoms with Crippen molar-refractivity contribution >= 4 is 5.57 Å². The molecule has 0 heterocycles. The molecule has 4 rings (SSSR count). The van der Waals surface area contributed by atoms with Crippen LogP contribution in [0.4, 0.5) is 22.0 Å². The predicted octanol–water partition coefficient (Wildman–Crippen LogP) is 8.14. The molecule has 1 aliphatic rings. The molecule has 5 heteroatoms. The van der Waals surface area contributed by atoms with E-state index in [9.17, 15) is 17.6 Å². The number of rotatable bonds is 6. The zero-order valence-electron chi connectivity index (χ0n) is 18.7. The summed E-state index contributed by atoms with van der Waals surface area (Å²) in [6.45, 7) is 3.71. The molecule has 172 valence electrons. The molecular formula is C28H25F5. The van der Waals surface area contributed by atoms with Crippen LogP contribution in [0.25, 0.3) is 16.7 Å². The first-order valence-corrected chi connectivity index (χ1v) is 11.3. The smallest absolute Gasteiger partial charge is 0.167 e. The highest BCUT2D eigenvalue weighted by atomic mass is 19.2. The molecule has 0 radical (unpaired) electrons. The SMILES string of the molecule is CCCCc1ccc(C2=CCc3c(ccc(-c4ccc(CC)c(F)c4F)c3F)C2)c(F)c1F. The Hall–Kier alpha value is -2.95.